The van der Waals surface area contributed by atoms with Crippen LogP contribution in [0.25, 0.3) is 0 Å². The Balaban J connectivity index is 3.13. The normalized spacial score (nSPS) is 10.5. The van der Waals surface area contributed by atoms with E-state index in [1.54, 1.807) is 22.6 Å². The number of nitrogens with two attached hydrogens (primary N) is 1. The van der Waals surface area contributed by atoms with Crippen LogP contribution in [-0.2, 0) is 0 Å². The predicted octanol–water partition coefficient (Wildman–Crippen LogP) is 1.72. The molecule has 70 valence electrons. The van der Waals surface area contributed by atoms with Crippen LogP contribution >= 0.6 is 22.6 Å². The summed E-state index contributed by atoms with van der Waals surface area (Å²) in [6.45, 7) is 0. The van der Waals surface area contributed by atoms with Crippen molar-refractivity contribution >= 4 is 28.5 Å². The summed E-state index contributed by atoms with van der Waals surface area (Å²) in [5.74, 6) is -0.675. The van der Waals surface area contributed by atoms with Crippen LogP contribution in [0.3, 0.4) is 0 Å². The molecule has 1 heterocycles. The van der Waals surface area contributed by atoms with Crippen molar-refractivity contribution in [3.05, 3.63) is 27.1 Å². The molecule has 2 N–H and O–H groups in total. The van der Waals surface area contributed by atoms with Crippen LogP contribution in [0.1, 0.15) is 22.5 Å². The second-order valence-corrected chi connectivity index (χ2v) is 3.42. The Kier molecular flexibility index (Phi) is 3.12. The summed E-state index contributed by atoms with van der Waals surface area (Å²) in [5, 5.41) is 0. The van der Waals surface area contributed by atoms with E-state index < -0.39 is 12.3 Å². The number of aromatic nitrogens is 1. The van der Waals surface area contributed by atoms with Gasteiger partial charge in [-0.15, -0.1) is 0 Å². The smallest absolute Gasteiger partial charge is 0.281 e. The van der Waals surface area contributed by atoms with Gasteiger partial charge in [0.15, 0.2) is 0 Å². The highest BCUT2D eigenvalue weighted by atomic mass is 127. The van der Waals surface area contributed by atoms with E-state index in [2.05, 4.69) is 4.98 Å². The number of pyridine rings is 1. The maximum atomic E-state index is 12.2. The van der Waals surface area contributed by atoms with Crippen molar-refractivity contribution < 1.29 is 13.6 Å². The van der Waals surface area contributed by atoms with Crippen molar-refractivity contribution in [1.29, 1.82) is 0 Å². The van der Waals surface area contributed by atoms with Gasteiger partial charge in [0.1, 0.15) is 5.69 Å². The Bertz CT molecular complexity index is 343. The lowest BCUT2D eigenvalue weighted by Crippen LogP contribution is -2.12. The maximum Gasteiger partial charge on any atom is 0.281 e. The average molecular weight is 298 g/mol. The molecule has 0 aliphatic rings. The zero-order valence-electron chi connectivity index (χ0n) is 6.30. The first-order valence-electron chi connectivity index (χ1n) is 3.25. The van der Waals surface area contributed by atoms with Gasteiger partial charge in [-0.3, -0.25) is 9.78 Å². The minimum atomic E-state index is -2.63. The Morgan fingerprint density at radius 2 is 2.23 bits per heavy atom. The molecule has 0 aliphatic heterocycles. The number of carbonyl (C=O) groups is 1. The Hall–Kier alpha value is -0.790. The van der Waals surface area contributed by atoms with Crippen molar-refractivity contribution in [1.82, 2.24) is 4.98 Å². The molecule has 0 saturated heterocycles. The maximum absolute atomic E-state index is 12.2. The van der Waals surface area contributed by atoms with Crippen molar-refractivity contribution in [2.24, 2.45) is 5.73 Å². The molecule has 0 atom stereocenters. The van der Waals surface area contributed by atoms with Crippen LogP contribution < -0.4 is 5.73 Å². The number of carbonyl (C=O) groups excluding carboxylic acids is 1. The molecule has 13 heavy (non-hydrogen) atoms. The number of primary amides is 1. The highest BCUT2D eigenvalue weighted by Crippen LogP contribution is 2.22. The van der Waals surface area contributed by atoms with Crippen molar-refractivity contribution in [2.75, 3.05) is 0 Å². The lowest BCUT2D eigenvalue weighted by atomic mass is 10.2. The van der Waals surface area contributed by atoms with E-state index in [1.165, 1.54) is 6.07 Å². The van der Waals surface area contributed by atoms with Gasteiger partial charge in [-0.1, -0.05) is 0 Å². The molecule has 0 radical (unpaired) electrons. The molecule has 1 aromatic rings. The van der Waals surface area contributed by atoms with Crippen LogP contribution in [-0.4, -0.2) is 10.9 Å². The van der Waals surface area contributed by atoms with Crippen molar-refractivity contribution in [3.63, 3.8) is 0 Å². The fourth-order valence-corrected chi connectivity index (χ4v) is 1.45. The largest absolute Gasteiger partial charge is 0.366 e. The molecule has 1 amide bonds. The first kappa shape index (κ1) is 10.3. The summed E-state index contributed by atoms with van der Waals surface area (Å²) >= 11 is 1.68. The van der Waals surface area contributed by atoms with Crippen molar-refractivity contribution in [2.45, 2.75) is 6.43 Å². The molecule has 0 aromatic carbocycles. The van der Waals surface area contributed by atoms with Gasteiger partial charge in [-0.2, -0.15) is 0 Å². The lowest BCUT2D eigenvalue weighted by molar-refractivity contribution is 0.0999. The SMILES string of the molecule is NC(=O)c1cnc(C(F)F)c(I)c1. The zero-order valence-corrected chi connectivity index (χ0v) is 8.46. The van der Waals surface area contributed by atoms with Gasteiger partial charge in [-0.25, -0.2) is 8.78 Å². The number of alkyl halides is 2. The van der Waals surface area contributed by atoms with Gasteiger partial charge < -0.3 is 5.73 Å². The number of rotatable bonds is 2. The molecular weight excluding hydrogens is 293 g/mol. The van der Waals surface area contributed by atoms with Gasteiger partial charge >= 0.3 is 0 Å². The summed E-state index contributed by atoms with van der Waals surface area (Å²) in [7, 11) is 0. The summed E-state index contributed by atoms with van der Waals surface area (Å²) in [5.41, 5.74) is 4.74. The number of hydrogen-bond acceptors (Lipinski definition) is 2. The summed E-state index contributed by atoms with van der Waals surface area (Å²) in [4.78, 5) is 14.1. The molecule has 0 unspecified atom stereocenters. The number of halogens is 3. The molecule has 0 bridgehead atoms. The monoisotopic (exact) mass is 298 g/mol. The molecule has 0 saturated carbocycles. The standard InChI is InChI=1S/C7H5F2IN2O/c8-6(9)5-4(10)1-3(2-12-5)7(11)13/h1-2,6H,(H2,11,13). The predicted molar refractivity (Wildman–Crippen MR) is 50.4 cm³/mol. The summed E-state index contributed by atoms with van der Waals surface area (Å²) in [6.07, 6.45) is -1.58. The zero-order chi connectivity index (χ0) is 10.0. The Morgan fingerprint density at radius 3 is 2.62 bits per heavy atom. The Labute approximate surface area is 86.5 Å². The molecule has 3 nitrogen and oxygen atoms in total. The van der Waals surface area contributed by atoms with Gasteiger partial charge in [0.2, 0.25) is 5.91 Å². The van der Waals surface area contributed by atoms with E-state index in [9.17, 15) is 13.6 Å². The van der Waals surface area contributed by atoms with E-state index in [1.807, 2.05) is 0 Å². The molecule has 0 aliphatic carbocycles. The van der Waals surface area contributed by atoms with Gasteiger partial charge in [0.05, 0.1) is 5.56 Å². The fourth-order valence-electron chi connectivity index (χ4n) is 0.744. The van der Waals surface area contributed by atoms with Gasteiger partial charge in [-0.05, 0) is 28.7 Å². The fraction of sp³-hybridized carbons (Fsp3) is 0.143. The van der Waals surface area contributed by atoms with Crippen LogP contribution in [0.5, 0.6) is 0 Å². The number of nitrogens with zero attached hydrogens (tertiary/aromatic N) is 1. The first-order chi connectivity index (χ1) is 6.02. The third-order valence-corrected chi connectivity index (χ3v) is 2.22. The summed E-state index contributed by atoms with van der Waals surface area (Å²) < 4.78 is 24.6. The van der Waals surface area contributed by atoms with Crippen molar-refractivity contribution in [3.8, 4) is 0 Å². The van der Waals surface area contributed by atoms with Crippen LogP contribution in [0.15, 0.2) is 12.3 Å². The topological polar surface area (TPSA) is 56.0 Å². The van der Waals surface area contributed by atoms with Gasteiger partial charge in [0, 0.05) is 9.77 Å². The van der Waals surface area contributed by atoms with E-state index in [-0.39, 0.29) is 14.8 Å². The van der Waals surface area contributed by atoms with Gasteiger partial charge in [0.25, 0.3) is 6.43 Å². The molecule has 6 heteroatoms. The van der Waals surface area contributed by atoms with E-state index in [0.29, 0.717) is 0 Å². The number of hydrogen-bond donors (Lipinski definition) is 1. The first-order valence-corrected chi connectivity index (χ1v) is 4.33. The Morgan fingerprint density at radius 1 is 1.62 bits per heavy atom. The molecule has 1 rings (SSSR count). The third-order valence-electron chi connectivity index (χ3n) is 1.36. The third kappa shape index (κ3) is 2.33. The quantitative estimate of drug-likeness (QED) is 0.845. The lowest BCUT2D eigenvalue weighted by Gasteiger charge is -2.02. The average Bonchev–Trinajstić information content (AvgIpc) is 2.03. The second-order valence-electron chi connectivity index (χ2n) is 2.26. The second kappa shape index (κ2) is 3.95. The summed E-state index contributed by atoms with van der Waals surface area (Å²) in [6, 6.07) is 1.29. The van der Waals surface area contributed by atoms with E-state index in [0.717, 1.165) is 6.20 Å². The molecule has 1 aromatic heterocycles. The highest BCUT2D eigenvalue weighted by Gasteiger charge is 2.14. The molecule has 0 fully saturated rings. The molecular formula is C7H5F2IN2O. The van der Waals surface area contributed by atoms with E-state index >= 15 is 0 Å². The van der Waals surface area contributed by atoms with Crippen LogP contribution in [0, 0.1) is 3.57 Å². The van der Waals surface area contributed by atoms with E-state index in [4.69, 9.17) is 5.73 Å². The number of amides is 1. The van der Waals surface area contributed by atoms with Crippen LogP contribution in [0.2, 0.25) is 0 Å². The van der Waals surface area contributed by atoms with Crippen LogP contribution in [0.4, 0.5) is 8.78 Å². The molecule has 0 spiro atoms. The minimum absolute atomic E-state index is 0.133. The highest BCUT2D eigenvalue weighted by molar-refractivity contribution is 14.1. The minimum Gasteiger partial charge on any atom is -0.366 e.